The van der Waals surface area contributed by atoms with Crippen LogP contribution in [0.2, 0.25) is 0 Å². The summed E-state index contributed by atoms with van der Waals surface area (Å²) in [6, 6.07) is 10.4. The van der Waals surface area contributed by atoms with Crippen LogP contribution in [0.25, 0.3) is 0 Å². The molecule has 2 rings (SSSR count). The molecule has 2 N–H and O–H groups in total. The molecule has 0 unspecified atom stereocenters. The largest absolute Gasteiger partial charge is 0.323 e. The van der Waals surface area contributed by atoms with Gasteiger partial charge in [0.05, 0.1) is 5.69 Å². The standard InChI is InChI=1S/C14H15FN2S/c1-2-13(16)14-8-7-12(9-17-14)18-11-5-3-10(15)4-6-11/h3-9,13H,2,16H2,1H3/t13-/m0/s1. The summed E-state index contributed by atoms with van der Waals surface area (Å²) in [6.07, 6.45) is 2.68. The minimum Gasteiger partial charge on any atom is -0.323 e. The fourth-order valence-corrected chi connectivity index (χ4v) is 2.31. The highest BCUT2D eigenvalue weighted by Crippen LogP contribution is 2.27. The molecule has 0 aliphatic rings. The Morgan fingerprint density at radius 2 is 1.83 bits per heavy atom. The van der Waals surface area contributed by atoms with Crippen molar-refractivity contribution in [2.24, 2.45) is 5.73 Å². The summed E-state index contributed by atoms with van der Waals surface area (Å²) < 4.78 is 12.8. The fourth-order valence-electron chi connectivity index (χ4n) is 1.52. The van der Waals surface area contributed by atoms with Gasteiger partial charge in [0.2, 0.25) is 0 Å². The van der Waals surface area contributed by atoms with Gasteiger partial charge in [0, 0.05) is 22.0 Å². The van der Waals surface area contributed by atoms with E-state index in [0.717, 1.165) is 21.9 Å². The van der Waals surface area contributed by atoms with Gasteiger partial charge in [0.25, 0.3) is 0 Å². The second-order valence-corrected chi connectivity index (χ2v) is 5.14. The average Bonchev–Trinajstić information content (AvgIpc) is 2.41. The molecule has 0 bridgehead atoms. The van der Waals surface area contributed by atoms with Gasteiger partial charge >= 0.3 is 0 Å². The van der Waals surface area contributed by atoms with Gasteiger partial charge in [-0.25, -0.2) is 4.39 Å². The molecule has 1 aromatic heterocycles. The van der Waals surface area contributed by atoms with Crippen LogP contribution in [0.15, 0.2) is 52.4 Å². The lowest BCUT2D eigenvalue weighted by atomic mass is 10.1. The second kappa shape index (κ2) is 5.98. The molecule has 0 aliphatic heterocycles. The Bertz CT molecular complexity index is 496. The van der Waals surface area contributed by atoms with E-state index in [4.69, 9.17) is 5.73 Å². The number of nitrogens with two attached hydrogens (primary N) is 1. The van der Waals surface area contributed by atoms with Crippen LogP contribution in [0.4, 0.5) is 4.39 Å². The first-order valence-corrected chi connectivity index (χ1v) is 6.65. The van der Waals surface area contributed by atoms with Gasteiger partial charge in [0.1, 0.15) is 5.82 Å². The van der Waals surface area contributed by atoms with E-state index in [9.17, 15) is 4.39 Å². The minimum atomic E-state index is -0.221. The van der Waals surface area contributed by atoms with Crippen LogP contribution in [0.5, 0.6) is 0 Å². The number of benzene rings is 1. The summed E-state index contributed by atoms with van der Waals surface area (Å²) in [6.45, 7) is 2.04. The van der Waals surface area contributed by atoms with Gasteiger partial charge in [-0.3, -0.25) is 4.98 Å². The van der Waals surface area contributed by atoms with Gasteiger partial charge in [0.15, 0.2) is 0 Å². The number of aromatic nitrogens is 1. The molecule has 0 saturated carbocycles. The topological polar surface area (TPSA) is 38.9 Å². The van der Waals surface area contributed by atoms with Gasteiger partial charge in [-0.05, 0) is 42.8 Å². The van der Waals surface area contributed by atoms with E-state index >= 15 is 0 Å². The number of hydrogen-bond donors (Lipinski definition) is 1. The number of pyridine rings is 1. The van der Waals surface area contributed by atoms with Crippen LogP contribution in [0.3, 0.4) is 0 Å². The van der Waals surface area contributed by atoms with Crippen molar-refractivity contribution in [3.05, 3.63) is 54.1 Å². The number of rotatable bonds is 4. The van der Waals surface area contributed by atoms with E-state index in [1.165, 1.54) is 12.1 Å². The maximum Gasteiger partial charge on any atom is 0.123 e. The van der Waals surface area contributed by atoms with E-state index in [1.807, 2.05) is 19.1 Å². The molecule has 94 valence electrons. The summed E-state index contributed by atoms with van der Waals surface area (Å²) in [7, 11) is 0. The number of nitrogens with zero attached hydrogens (tertiary/aromatic N) is 1. The molecule has 4 heteroatoms. The zero-order valence-electron chi connectivity index (χ0n) is 10.1. The first-order chi connectivity index (χ1) is 8.69. The zero-order chi connectivity index (χ0) is 13.0. The molecule has 0 fully saturated rings. The molecule has 18 heavy (non-hydrogen) atoms. The Balaban J connectivity index is 2.08. The lowest BCUT2D eigenvalue weighted by Crippen LogP contribution is -2.10. The van der Waals surface area contributed by atoms with E-state index in [1.54, 1.807) is 30.1 Å². The Labute approximate surface area is 110 Å². The SMILES string of the molecule is CC[C@H](N)c1ccc(Sc2ccc(F)cc2)cn1. The predicted octanol–water partition coefficient (Wildman–Crippen LogP) is 3.78. The molecule has 1 atom stereocenters. The lowest BCUT2D eigenvalue weighted by molar-refractivity contribution is 0.626. The predicted molar refractivity (Wildman–Crippen MR) is 72.0 cm³/mol. The van der Waals surface area contributed by atoms with Crippen molar-refractivity contribution >= 4 is 11.8 Å². The highest BCUT2D eigenvalue weighted by Gasteiger charge is 2.05. The van der Waals surface area contributed by atoms with Crippen LogP contribution in [0, 0.1) is 5.82 Å². The smallest absolute Gasteiger partial charge is 0.123 e. The Morgan fingerprint density at radius 3 is 2.39 bits per heavy atom. The van der Waals surface area contributed by atoms with Crippen molar-refractivity contribution < 1.29 is 4.39 Å². The summed E-state index contributed by atoms with van der Waals surface area (Å²) in [5.41, 5.74) is 6.81. The number of hydrogen-bond acceptors (Lipinski definition) is 3. The van der Waals surface area contributed by atoms with Crippen LogP contribution in [-0.4, -0.2) is 4.98 Å². The van der Waals surface area contributed by atoms with Gasteiger partial charge in [-0.15, -0.1) is 0 Å². The van der Waals surface area contributed by atoms with Crippen LogP contribution >= 0.6 is 11.8 Å². The molecule has 1 aromatic carbocycles. The molecular weight excluding hydrogens is 247 g/mol. The van der Waals surface area contributed by atoms with Gasteiger partial charge < -0.3 is 5.73 Å². The minimum absolute atomic E-state index is 0.00475. The second-order valence-electron chi connectivity index (χ2n) is 3.99. The van der Waals surface area contributed by atoms with Crippen molar-refractivity contribution in [3.8, 4) is 0 Å². The van der Waals surface area contributed by atoms with Crippen molar-refractivity contribution in [1.82, 2.24) is 4.98 Å². The van der Waals surface area contributed by atoms with Gasteiger partial charge in [-0.2, -0.15) is 0 Å². The molecule has 2 nitrogen and oxygen atoms in total. The number of halogens is 1. The summed E-state index contributed by atoms with van der Waals surface area (Å²) in [4.78, 5) is 6.36. The van der Waals surface area contributed by atoms with Crippen molar-refractivity contribution in [2.75, 3.05) is 0 Å². The molecule has 1 heterocycles. The Morgan fingerprint density at radius 1 is 1.17 bits per heavy atom. The van der Waals surface area contributed by atoms with Crippen LogP contribution in [-0.2, 0) is 0 Å². The molecule has 0 radical (unpaired) electrons. The Hall–Kier alpha value is -1.39. The van der Waals surface area contributed by atoms with Crippen LogP contribution in [0.1, 0.15) is 25.1 Å². The third kappa shape index (κ3) is 3.31. The molecule has 0 amide bonds. The van der Waals surface area contributed by atoms with Gasteiger partial charge in [-0.1, -0.05) is 18.7 Å². The van der Waals surface area contributed by atoms with E-state index in [0.29, 0.717) is 0 Å². The third-order valence-electron chi connectivity index (χ3n) is 2.63. The summed E-state index contributed by atoms with van der Waals surface area (Å²) in [5.74, 6) is -0.221. The normalized spacial score (nSPS) is 12.4. The molecular formula is C14H15FN2S. The highest BCUT2D eigenvalue weighted by molar-refractivity contribution is 7.99. The third-order valence-corrected chi connectivity index (χ3v) is 3.61. The average molecular weight is 262 g/mol. The van der Waals surface area contributed by atoms with Crippen LogP contribution < -0.4 is 5.73 Å². The van der Waals surface area contributed by atoms with Crippen molar-refractivity contribution in [1.29, 1.82) is 0 Å². The summed E-state index contributed by atoms with van der Waals surface area (Å²) in [5, 5.41) is 0. The quantitative estimate of drug-likeness (QED) is 0.911. The fraction of sp³-hybridized carbons (Fsp3) is 0.214. The summed E-state index contributed by atoms with van der Waals surface area (Å²) >= 11 is 1.55. The lowest BCUT2D eigenvalue weighted by Gasteiger charge is -2.08. The first-order valence-electron chi connectivity index (χ1n) is 5.84. The maximum absolute atomic E-state index is 12.8. The Kier molecular flexibility index (Phi) is 4.33. The molecule has 0 spiro atoms. The molecule has 0 saturated heterocycles. The molecule has 2 aromatic rings. The monoisotopic (exact) mass is 262 g/mol. The van der Waals surface area contributed by atoms with Crippen molar-refractivity contribution in [2.45, 2.75) is 29.2 Å². The van der Waals surface area contributed by atoms with E-state index in [-0.39, 0.29) is 11.9 Å². The highest BCUT2D eigenvalue weighted by atomic mass is 32.2. The maximum atomic E-state index is 12.8. The first kappa shape index (κ1) is 13.1. The zero-order valence-corrected chi connectivity index (χ0v) is 11.0. The van der Waals surface area contributed by atoms with E-state index in [2.05, 4.69) is 4.98 Å². The van der Waals surface area contributed by atoms with E-state index < -0.39 is 0 Å². The molecule has 0 aliphatic carbocycles. The van der Waals surface area contributed by atoms with Crippen molar-refractivity contribution in [3.63, 3.8) is 0 Å².